The minimum absolute atomic E-state index is 0.0576. The van der Waals surface area contributed by atoms with Gasteiger partial charge in [-0.15, -0.1) is 0 Å². The SMILES string of the molecule is Cc1cc(N/N=C\c2ccco2)nc(NS(=O)(=O)c2ccc(N)cc2)n1. The maximum atomic E-state index is 12.4. The second-order valence-electron chi connectivity index (χ2n) is 5.28. The summed E-state index contributed by atoms with van der Waals surface area (Å²) in [5.74, 6) is 0.820. The maximum Gasteiger partial charge on any atom is 0.264 e. The number of nitrogens with one attached hydrogen (secondary N) is 2. The lowest BCUT2D eigenvalue weighted by Gasteiger charge is -2.09. The molecular formula is C16H16N6O3S. The zero-order chi connectivity index (χ0) is 18.6. The standard InChI is InChI=1S/C16H16N6O3S/c1-11-9-15(21-18-10-13-3-2-8-25-13)20-16(19-11)22-26(23,24)14-6-4-12(17)5-7-14/h2-10H,17H2,1H3,(H2,19,20,21,22)/b18-10-. The summed E-state index contributed by atoms with van der Waals surface area (Å²) in [6.07, 6.45) is 3.00. The highest BCUT2D eigenvalue weighted by Gasteiger charge is 2.16. The Morgan fingerprint density at radius 1 is 1.19 bits per heavy atom. The maximum absolute atomic E-state index is 12.4. The van der Waals surface area contributed by atoms with Crippen LogP contribution in [0.5, 0.6) is 0 Å². The molecule has 0 saturated heterocycles. The lowest BCUT2D eigenvalue weighted by atomic mass is 10.3. The molecule has 3 aromatic rings. The van der Waals surface area contributed by atoms with Crippen molar-refractivity contribution in [1.82, 2.24) is 9.97 Å². The molecule has 2 aromatic heterocycles. The van der Waals surface area contributed by atoms with Crippen molar-refractivity contribution in [3.8, 4) is 0 Å². The topological polar surface area (TPSA) is 136 Å². The molecule has 9 nitrogen and oxygen atoms in total. The highest BCUT2D eigenvalue weighted by molar-refractivity contribution is 7.92. The van der Waals surface area contributed by atoms with Crippen molar-refractivity contribution in [2.75, 3.05) is 15.9 Å². The van der Waals surface area contributed by atoms with Gasteiger partial charge in [0.2, 0.25) is 5.95 Å². The molecule has 0 fully saturated rings. The van der Waals surface area contributed by atoms with Crippen LogP contribution in [0, 0.1) is 6.92 Å². The largest absolute Gasteiger partial charge is 0.463 e. The third-order valence-corrected chi connectivity index (χ3v) is 4.53. The van der Waals surface area contributed by atoms with E-state index in [1.807, 2.05) is 0 Å². The summed E-state index contributed by atoms with van der Waals surface area (Å²) in [5, 5.41) is 3.98. The van der Waals surface area contributed by atoms with E-state index < -0.39 is 10.0 Å². The zero-order valence-electron chi connectivity index (χ0n) is 13.7. The number of hydrazone groups is 1. The van der Waals surface area contributed by atoms with Crippen LogP contribution in [0.4, 0.5) is 17.5 Å². The van der Waals surface area contributed by atoms with Gasteiger partial charge in [0.25, 0.3) is 10.0 Å². The molecule has 134 valence electrons. The van der Waals surface area contributed by atoms with E-state index in [9.17, 15) is 8.42 Å². The smallest absolute Gasteiger partial charge is 0.264 e. The van der Waals surface area contributed by atoms with Crippen molar-refractivity contribution in [3.05, 3.63) is 60.2 Å². The van der Waals surface area contributed by atoms with Gasteiger partial charge in [0, 0.05) is 17.4 Å². The van der Waals surface area contributed by atoms with E-state index in [-0.39, 0.29) is 10.8 Å². The third kappa shape index (κ3) is 4.36. The molecule has 0 spiro atoms. The number of nitrogen functional groups attached to an aromatic ring is 1. The number of nitrogens with two attached hydrogens (primary N) is 1. The summed E-state index contributed by atoms with van der Waals surface area (Å²) < 4.78 is 32.3. The number of anilines is 3. The van der Waals surface area contributed by atoms with Crippen LogP contribution in [0.25, 0.3) is 0 Å². The van der Waals surface area contributed by atoms with Gasteiger partial charge in [0.05, 0.1) is 17.4 Å². The third-order valence-electron chi connectivity index (χ3n) is 3.18. The number of sulfonamides is 1. The van der Waals surface area contributed by atoms with Gasteiger partial charge in [-0.25, -0.2) is 18.1 Å². The second-order valence-corrected chi connectivity index (χ2v) is 6.96. The van der Waals surface area contributed by atoms with Crippen LogP contribution in [0.3, 0.4) is 0 Å². The molecule has 0 atom stereocenters. The van der Waals surface area contributed by atoms with Crippen molar-refractivity contribution in [1.29, 1.82) is 0 Å². The van der Waals surface area contributed by atoms with Gasteiger partial charge in [0.15, 0.2) is 5.82 Å². The molecule has 0 aliphatic rings. The molecule has 0 aliphatic carbocycles. The summed E-state index contributed by atoms with van der Waals surface area (Å²) in [6.45, 7) is 1.71. The number of hydrogen-bond donors (Lipinski definition) is 3. The first kappa shape index (κ1) is 17.4. The molecule has 0 unspecified atom stereocenters. The summed E-state index contributed by atoms with van der Waals surface area (Å²) in [5.41, 5.74) is 9.31. The molecule has 0 radical (unpaired) electrons. The molecule has 0 bridgehead atoms. The number of furan rings is 1. The Hall–Kier alpha value is -3.40. The van der Waals surface area contributed by atoms with E-state index in [2.05, 4.69) is 25.2 Å². The fourth-order valence-corrected chi connectivity index (χ4v) is 2.97. The van der Waals surface area contributed by atoms with Crippen LogP contribution >= 0.6 is 0 Å². The summed E-state index contributed by atoms with van der Waals surface area (Å²) >= 11 is 0. The lowest BCUT2D eigenvalue weighted by Crippen LogP contribution is -2.16. The molecule has 0 aliphatic heterocycles. The summed E-state index contributed by atoms with van der Waals surface area (Å²) in [7, 11) is -3.83. The van der Waals surface area contributed by atoms with E-state index in [4.69, 9.17) is 10.2 Å². The average Bonchev–Trinajstić information content (AvgIpc) is 3.07. The van der Waals surface area contributed by atoms with Gasteiger partial charge >= 0.3 is 0 Å². The molecule has 10 heteroatoms. The van der Waals surface area contributed by atoms with Gasteiger partial charge in [-0.05, 0) is 43.3 Å². The normalized spacial score (nSPS) is 11.6. The fraction of sp³-hybridized carbons (Fsp3) is 0.0625. The Balaban J connectivity index is 1.77. The number of rotatable bonds is 6. The molecule has 0 amide bonds. The second kappa shape index (κ2) is 7.23. The van der Waals surface area contributed by atoms with E-state index in [1.165, 1.54) is 36.7 Å². The molecule has 2 heterocycles. The van der Waals surface area contributed by atoms with Crippen molar-refractivity contribution in [2.24, 2.45) is 5.10 Å². The Labute approximate surface area is 150 Å². The van der Waals surface area contributed by atoms with Crippen molar-refractivity contribution in [2.45, 2.75) is 11.8 Å². The Bertz CT molecular complexity index is 1010. The monoisotopic (exact) mass is 372 g/mol. The lowest BCUT2D eigenvalue weighted by molar-refractivity contribution is 0.560. The molecule has 3 rings (SSSR count). The predicted octanol–water partition coefficient (Wildman–Crippen LogP) is 2.21. The van der Waals surface area contributed by atoms with E-state index in [0.717, 1.165) is 0 Å². The average molecular weight is 372 g/mol. The van der Waals surface area contributed by atoms with Crippen molar-refractivity contribution < 1.29 is 12.8 Å². The molecular weight excluding hydrogens is 356 g/mol. The van der Waals surface area contributed by atoms with Crippen LogP contribution in [0.2, 0.25) is 0 Å². The van der Waals surface area contributed by atoms with Crippen LogP contribution in [-0.2, 0) is 10.0 Å². The minimum atomic E-state index is -3.83. The number of nitrogens with zero attached hydrogens (tertiary/aromatic N) is 3. The molecule has 26 heavy (non-hydrogen) atoms. The number of hydrogen-bond acceptors (Lipinski definition) is 8. The van der Waals surface area contributed by atoms with Gasteiger partial charge < -0.3 is 10.2 Å². The van der Waals surface area contributed by atoms with Crippen LogP contribution in [0.15, 0.2) is 63.1 Å². The Morgan fingerprint density at radius 3 is 2.65 bits per heavy atom. The van der Waals surface area contributed by atoms with Crippen LogP contribution in [-0.4, -0.2) is 24.6 Å². The van der Waals surface area contributed by atoms with E-state index in [1.54, 1.807) is 25.1 Å². The molecule has 1 aromatic carbocycles. The Morgan fingerprint density at radius 2 is 1.96 bits per heavy atom. The fourth-order valence-electron chi connectivity index (χ4n) is 2.02. The highest BCUT2D eigenvalue weighted by atomic mass is 32.2. The van der Waals surface area contributed by atoms with Gasteiger partial charge in [0.1, 0.15) is 5.76 Å². The first-order valence-corrected chi connectivity index (χ1v) is 8.97. The van der Waals surface area contributed by atoms with Crippen molar-refractivity contribution in [3.63, 3.8) is 0 Å². The first-order chi connectivity index (χ1) is 12.4. The highest BCUT2D eigenvalue weighted by Crippen LogP contribution is 2.16. The first-order valence-electron chi connectivity index (χ1n) is 7.49. The van der Waals surface area contributed by atoms with Crippen molar-refractivity contribution >= 4 is 33.7 Å². The van der Waals surface area contributed by atoms with Gasteiger partial charge in [-0.2, -0.15) is 10.1 Å². The molecule has 0 saturated carbocycles. The van der Waals surface area contributed by atoms with E-state index in [0.29, 0.717) is 23.0 Å². The quantitative estimate of drug-likeness (QED) is 0.343. The number of aromatic nitrogens is 2. The summed E-state index contributed by atoms with van der Waals surface area (Å²) in [4.78, 5) is 8.24. The van der Waals surface area contributed by atoms with Gasteiger partial charge in [-0.3, -0.25) is 5.43 Å². The molecule has 4 N–H and O–H groups in total. The number of benzene rings is 1. The van der Waals surface area contributed by atoms with Crippen LogP contribution in [0.1, 0.15) is 11.5 Å². The predicted molar refractivity (Wildman–Crippen MR) is 98.4 cm³/mol. The zero-order valence-corrected chi connectivity index (χ0v) is 14.6. The number of aryl methyl sites for hydroxylation is 1. The Kier molecular flexibility index (Phi) is 4.85. The van der Waals surface area contributed by atoms with E-state index >= 15 is 0 Å². The van der Waals surface area contributed by atoms with Crippen LogP contribution < -0.4 is 15.9 Å². The summed E-state index contributed by atoms with van der Waals surface area (Å²) in [6, 6.07) is 10.9. The van der Waals surface area contributed by atoms with Gasteiger partial charge in [-0.1, -0.05) is 0 Å². The minimum Gasteiger partial charge on any atom is -0.463 e.